The first-order valence-corrected chi connectivity index (χ1v) is 6.08. The number of rotatable bonds is 3. The lowest BCUT2D eigenvalue weighted by molar-refractivity contribution is 0.444. The van der Waals surface area contributed by atoms with E-state index in [9.17, 15) is 5.11 Å². The van der Waals surface area contributed by atoms with E-state index in [-0.39, 0.29) is 6.04 Å². The van der Waals surface area contributed by atoms with Gasteiger partial charge in [0, 0.05) is 16.5 Å². The Kier molecular flexibility index (Phi) is 2.70. The summed E-state index contributed by atoms with van der Waals surface area (Å²) < 4.78 is 0. The number of aromatic hydroxyl groups is 1. The second-order valence-corrected chi connectivity index (χ2v) is 4.61. The summed E-state index contributed by atoms with van der Waals surface area (Å²) in [5, 5.41) is 9.94. The Balaban J connectivity index is 2.31. The molecule has 0 aromatic heterocycles. The lowest BCUT2D eigenvalue weighted by atomic mass is 10.0. The van der Waals surface area contributed by atoms with Crippen LogP contribution >= 0.6 is 11.8 Å². The third-order valence-corrected chi connectivity index (χ3v) is 3.51. The van der Waals surface area contributed by atoms with Gasteiger partial charge in [-0.2, -0.15) is 0 Å². The zero-order valence-electron chi connectivity index (χ0n) is 8.23. The van der Waals surface area contributed by atoms with Crippen LogP contribution in [0.4, 0.5) is 0 Å². The summed E-state index contributed by atoms with van der Waals surface area (Å²) in [7, 11) is 0. The normalized spacial score (nSPS) is 18.1. The summed E-state index contributed by atoms with van der Waals surface area (Å²) in [5.41, 5.74) is 6.96. The van der Waals surface area contributed by atoms with Gasteiger partial charge in [0.2, 0.25) is 0 Å². The molecule has 1 atom stereocenters. The van der Waals surface area contributed by atoms with Crippen LogP contribution in [0.15, 0.2) is 23.1 Å². The maximum absolute atomic E-state index is 9.94. The minimum atomic E-state index is 0.0158. The molecule has 76 valence electrons. The minimum Gasteiger partial charge on any atom is -0.506 e. The molecule has 1 unspecified atom stereocenters. The van der Waals surface area contributed by atoms with Crippen molar-refractivity contribution in [2.45, 2.75) is 23.8 Å². The number of thioether (sulfide) groups is 1. The number of hydrogen-bond acceptors (Lipinski definition) is 3. The number of para-hydroxylation sites is 1. The molecule has 0 amide bonds. The lowest BCUT2D eigenvalue weighted by Crippen LogP contribution is -2.12. The van der Waals surface area contributed by atoms with E-state index in [0.29, 0.717) is 11.7 Å². The van der Waals surface area contributed by atoms with Gasteiger partial charge in [0.25, 0.3) is 0 Å². The van der Waals surface area contributed by atoms with E-state index in [2.05, 4.69) is 0 Å². The van der Waals surface area contributed by atoms with Crippen molar-refractivity contribution in [2.75, 3.05) is 6.26 Å². The highest BCUT2D eigenvalue weighted by atomic mass is 32.2. The molecule has 3 N–H and O–H groups in total. The third kappa shape index (κ3) is 1.74. The summed E-state index contributed by atoms with van der Waals surface area (Å²) in [6, 6.07) is 5.83. The van der Waals surface area contributed by atoms with Gasteiger partial charge in [-0.25, -0.2) is 0 Å². The highest BCUT2D eigenvalue weighted by molar-refractivity contribution is 7.98. The fourth-order valence-electron chi connectivity index (χ4n) is 1.68. The first kappa shape index (κ1) is 9.87. The van der Waals surface area contributed by atoms with Crippen LogP contribution in [-0.2, 0) is 0 Å². The monoisotopic (exact) mass is 209 g/mol. The Bertz CT molecular complexity index is 336. The minimum absolute atomic E-state index is 0.0158. The Hall–Kier alpha value is -0.670. The number of phenols is 1. The molecule has 0 heterocycles. The molecule has 0 radical (unpaired) electrons. The number of hydrogen-bond donors (Lipinski definition) is 2. The van der Waals surface area contributed by atoms with Crippen molar-refractivity contribution in [3.8, 4) is 5.75 Å². The average Bonchev–Trinajstić information content (AvgIpc) is 3.00. The van der Waals surface area contributed by atoms with Crippen LogP contribution in [0.5, 0.6) is 5.75 Å². The van der Waals surface area contributed by atoms with Crippen LogP contribution in [0.1, 0.15) is 24.4 Å². The Morgan fingerprint density at radius 2 is 2.21 bits per heavy atom. The quantitative estimate of drug-likeness (QED) is 0.752. The molecular weight excluding hydrogens is 194 g/mol. The van der Waals surface area contributed by atoms with E-state index in [0.717, 1.165) is 10.5 Å². The second kappa shape index (κ2) is 3.83. The van der Waals surface area contributed by atoms with Crippen molar-refractivity contribution in [2.24, 2.45) is 11.7 Å². The Morgan fingerprint density at radius 1 is 1.50 bits per heavy atom. The largest absolute Gasteiger partial charge is 0.506 e. The van der Waals surface area contributed by atoms with Crippen LogP contribution in [0.25, 0.3) is 0 Å². The standard InChI is InChI=1S/C11H15NOS/c1-14-9-4-2-3-8(11(9)13)10(12)7-5-6-7/h2-4,7,10,13H,5-6,12H2,1H3. The molecule has 0 saturated heterocycles. The highest BCUT2D eigenvalue weighted by Crippen LogP contribution is 2.43. The number of phenolic OH excluding ortho intramolecular Hbond substituents is 1. The second-order valence-electron chi connectivity index (χ2n) is 3.76. The maximum atomic E-state index is 9.94. The van der Waals surface area contributed by atoms with Crippen LogP contribution in [-0.4, -0.2) is 11.4 Å². The molecule has 0 spiro atoms. The molecule has 1 aromatic carbocycles. The van der Waals surface area contributed by atoms with Crippen molar-refractivity contribution in [1.29, 1.82) is 0 Å². The van der Waals surface area contributed by atoms with E-state index >= 15 is 0 Å². The van der Waals surface area contributed by atoms with Gasteiger partial charge >= 0.3 is 0 Å². The van der Waals surface area contributed by atoms with E-state index in [1.165, 1.54) is 12.8 Å². The highest BCUT2D eigenvalue weighted by Gasteiger charge is 2.31. The molecule has 1 aromatic rings. The topological polar surface area (TPSA) is 46.2 Å². The molecule has 1 saturated carbocycles. The van der Waals surface area contributed by atoms with Crippen molar-refractivity contribution in [1.82, 2.24) is 0 Å². The fourth-order valence-corrected chi connectivity index (χ4v) is 2.21. The summed E-state index contributed by atoms with van der Waals surface area (Å²) in [6.45, 7) is 0. The van der Waals surface area contributed by atoms with E-state index in [4.69, 9.17) is 5.73 Å². The SMILES string of the molecule is CSc1cccc(C(N)C2CC2)c1O. The molecule has 14 heavy (non-hydrogen) atoms. The molecule has 0 bridgehead atoms. The maximum Gasteiger partial charge on any atom is 0.133 e. The number of benzene rings is 1. The molecule has 2 rings (SSSR count). The first-order chi connectivity index (χ1) is 6.74. The van der Waals surface area contributed by atoms with Crippen LogP contribution in [0, 0.1) is 5.92 Å². The fraction of sp³-hybridized carbons (Fsp3) is 0.455. The summed E-state index contributed by atoms with van der Waals surface area (Å²) in [4.78, 5) is 0.915. The smallest absolute Gasteiger partial charge is 0.133 e. The van der Waals surface area contributed by atoms with Gasteiger partial charge in [-0.15, -0.1) is 11.8 Å². The molecule has 3 heteroatoms. The molecule has 0 aliphatic heterocycles. The first-order valence-electron chi connectivity index (χ1n) is 4.85. The van der Waals surface area contributed by atoms with E-state index < -0.39 is 0 Å². The van der Waals surface area contributed by atoms with Gasteiger partial charge in [-0.05, 0) is 31.1 Å². The van der Waals surface area contributed by atoms with E-state index in [1.807, 2.05) is 24.5 Å². The summed E-state index contributed by atoms with van der Waals surface area (Å²) >= 11 is 1.55. The van der Waals surface area contributed by atoms with Gasteiger partial charge in [-0.3, -0.25) is 0 Å². The average molecular weight is 209 g/mol. The zero-order valence-corrected chi connectivity index (χ0v) is 9.05. The van der Waals surface area contributed by atoms with Crippen LogP contribution in [0.3, 0.4) is 0 Å². The van der Waals surface area contributed by atoms with Crippen LogP contribution in [0.2, 0.25) is 0 Å². The van der Waals surface area contributed by atoms with E-state index in [1.54, 1.807) is 11.8 Å². The zero-order chi connectivity index (χ0) is 10.1. The molecule has 1 aliphatic carbocycles. The Morgan fingerprint density at radius 3 is 2.79 bits per heavy atom. The Labute approximate surface area is 88.5 Å². The summed E-state index contributed by atoms with van der Waals surface area (Å²) in [5.74, 6) is 0.956. The van der Waals surface area contributed by atoms with Crippen molar-refractivity contribution < 1.29 is 5.11 Å². The van der Waals surface area contributed by atoms with Gasteiger partial charge in [0.1, 0.15) is 5.75 Å². The molecule has 2 nitrogen and oxygen atoms in total. The predicted molar refractivity (Wildman–Crippen MR) is 59.5 cm³/mol. The molecule has 1 aliphatic rings. The van der Waals surface area contributed by atoms with Gasteiger partial charge < -0.3 is 10.8 Å². The van der Waals surface area contributed by atoms with Crippen molar-refractivity contribution in [3.05, 3.63) is 23.8 Å². The van der Waals surface area contributed by atoms with Crippen molar-refractivity contribution >= 4 is 11.8 Å². The predicted octanol–water partition coefficient (Wildman–Crippen LogP) is 2.52. The third-order valence-electron chi connectivity index (χ3n) is 2.74. The molecular formula is C11H15NOS. The van der Waals surface area contributed by atoms with Gasteiger partial charge in [0.15, 0.2) is 0 Å². The summed E-state index contributed by atoms with van der Waals surface area (Å²) in [6.07, 6.45) is 4.36. The van der Waals surface area contributed by atoms with Gasteiger partial charge in [0.05, 0.1) is 0 Å². The molecule has 1 fully saturated rings. The lowest BCUT2D eigenvalue weighted by Gasteiger charge is -2.14. The van der Waals surface area contributed by atoms with Crippen LogP contribution < -0.4 is 5.73 Å². The number of nitrogens with two attached hydrogens (primary N) is 1. The van der Waals surface area contributed by atoms with Gasteiger partial charge in [-0.1, -0.05) is 12.1 Å². The van der Waals surface area contributed by atoms with Crippen molar-refractivity contribution in [3.63, 3.8) is 0 Å².